The van der Waals surface area contributed by atoms with Crippen molar-refractivity contribution in [3.05, 3.63) is 29.8 Å². The van der Waals surface area contributed by atoms with E-state index in [2.05, 4.69) is 0 Å². The number of sulfonamides is 1. The Labute approximate surface area is 171 Å². The van der Waals surface area contributed by atoms with Crippen LogP contribution in [0.15, 0.2) is 29.2 Å². The Kier molecular flexibility index (Phi) is 7.41. The molecule has 9 nitrogen and oxygen atoms in total. The normalized spacial score (nSPS) is 18.6. The molecule has 1 amide bonds. The van der Waals surface area contributed by atoms with Gasteiger partial charge in [-0.05, 0) is 24.6 Å². The molecular weight excluding hydrogens is 420 g/mol. The Morgan fingerprint density at radius 1 is 1.21 bits per heavy atom. The summed E-state index contributed by atoms with van der Waals surface area (Å²) >= 11 is 0. The molecule has 1 aliphatic heterocycles. The molecule has 1 aromatic rings. The van der Waals surface area contributed by atoms with Gasteiger partial charge in [0.2, 0.25) is 10.0 Å². The molecule has 0 bridgehead atoms. The van der Waals surface area contributed by atoms with Crippen LogP contribution in [0.2, 0.25) is 0 Å². The minimum atomic E-state index is -3.73. The highest BCUT2D eigenvalue weighted by atomic mass is 32.2. The molecule has 29 heavy (non-hydrogen) atoms. The zero-order chi connectivity index (χ0) is 21.8. The Balaban J connectivity index is 2.04. The van der Waals surface area contributed by atoms with Crippen molar-refractivity contribution in [3.63, 3.8) is 0 Å². The summed E-state index contributed by atoms with van der Waals surface area (Å²) in [6.45, 7) is 3.48. The molecule has 1 saturated heterocycles. The third-order valence-electron chi connectivity index (χ3n) is 4.89. The Morgan fingerprint density at radius 3 is 2.41 bits per heavy atom. The molecule has 1 atom stereocenters. The van der Waals surface area contributed by atoms with Crippen LogP contribution in [0.5, 0.6) is 0 Å². The fourth-order valence-corrected chi connectivity index (χ4v) is 6.37. The zero-order valence-electron chi connectivity index (χ0n) is 16.7. The summed E-state index contributed by atoms with van der Waals surface area (Å²) in [5.41, 5.74) is 0.0112. The van der Waals surface area contributed by atoms with Crippen molar-refractivity contribution in [2.45, 2.75) is 31.2 Å². The van der Waals surface area contributed by atoms with E-state index in [0.29, 0.717) is 19.5 Å². The van der Waals surface area contributed by atoms with Crippen molar-refractivity contribution >= 4 is 31.7 Å². The zero-order valence-corrected chi connectivity index (χ0v) is 18.3. The first kappa shape index (κ1) is 23.3. The first-order chi connectivity index (χ1) is 13.5. The standard InChI is InChI=1S/C18H26N2O7S2/c1-4-20(5-2)29(25,26)16-8-6-7-14(11-16)18(22)27-12-17(21)19(3)15-9-10-28(23,24)13-15/h6-8,11,15H,4-5,9-10,12-13H2,1-3H3. The Bertz CT molecular complexity index is 970. The molecule has 1 heterocycles. The van der Waals surface area contributed by atoms with Gasteiger partial charge in [-0.15, -0.1) is 0 Å². The molecule has 1 unspecified atom stereocenters. The van der Waals surface area contributed by atoms with Crippen LogP contribution in [0.1, 0.15) is 30.6 Å². The number of carbonyl (C=O) groups is 2. The van der Waals surface area contributed by atoms with Gasteiger partial charge >= 0.3 is 5.97 Å². The quantitative estimate of drug-likeness (QED) is 0.534. The highest BCUT2D eigenvalue weighted by molar-refractivity contribution is 7.91. The van der Waals surface area contributed by atoms with Gasteiger partial charge in [-0.3, -0.25) is 4.79 Å². The Morgan fingerprint density at radius 2 is 1.86 bits per heavy atom. The summed E-state index contributed by atoms with van der Waals surface area (Å²) in [4.78, 5) is 25.8. The predicted molar refractivity (Wildman–Crippen MR) is 107 cm³/mol. The summed E-state index contributed by atoms with van der Waals surface area (Å²) in [7, 11) is -5.40. The predicted octanol–water partition coefficient (Wildman–Crippen LogP) is 0.519. The van der Waals surface area contributed by atoms with E-state index < -0.39 is 44.4 Å². The van der Waals surface area contributed by atoms with Crippen molar-refractivity contribution in [1.29, 1.82) is 0 Å². The van der Waals surface area contributed by atoms with Crippen molar-refractivity contribution in [2.75, 3.05) is 38.2 Å². The van der Waals surface area contributed by atoms with Crippen molar-refractivity contribution < 1.29 is 31.2 Å². The van der Waals surface area contributed by atoms with Crippen LogP contribution in [0.25, 0.3) is 0 Å². The van der Waals surface area contributed by atoms with E-state index in [4.69, 9.17) is 4.74 Å². The maximum absolute atomic E-state index is 12.6. The van der Waals surface area contributed by atoms with E-state index in [1.807, 2.05) is 0 Å². The summed E-state index contributed by atoms with van der Waals surface area (Å²) in [5.74, 6) is -1.42. The monoisotopic (exact) mass is 446 g/mol. The van der Waals surface area contributed by atoms with E-state index in [0.717, 1.165) is 0 Å². The molecule has 11 heteroatoms. The van der Waals surface area contributed by atoms with Gasteiger partial charge in [-0.25, -0.2) is 21.6 Å². The van der Waals surface area contributed by atoms with Gasteiger partial charge in [0.1, 0.15) is 0 Å². The molecule has 0 N–H and O–H groups in total. The number of hydrogen-bond donors (Lipinski definition) is 0. The lowest BCUT2D eigenvalue weighted by Crippen LogP contribution is -2.40. The van der Waals surface area contributed by atoms with Gasteiger partial charge in [0.25, 0.3) is 5.91 Å². The average Bonchev–Trinajstić information content (AvgIpc) is 3.05. The van der Waals surface area contributed by atoms with Crippen LogP contribution >= 0.6 is 0 Å². The second kappa shape index (κ2) is 9.23. The van der Waals surface area contributed by atoms with Crippen LogP contribution < -0.4 is 0 Å². The molecule has 1 aromatic carbocycles. The van der Waals surface area contributed by atoms with E-state index >= 15 is 0 Å². The largest absolute Gasteiger partial charge is 0.452 e. The molecule has 0 spiro atoms. The number of amides is 1. The molecule has 0 aliphatic carbocycles. The van der Waals surface area contributed by atoms with Crippen LogP contribution in [0, 0.1) is 0 Å². The fraction of sp³-hybridized carbons (Fsp3) is 0.556. The van der Waals surface area contributed by atoms with Crippen LogP contribution in [0.3, 0.4) is 0 Å². The lowest BCUT2D eigenvalue weighted by atomic mass is 10.2. The first-order valence-corrected chi connectivity index (χ1v) is 12.5. The van der Waals surface area contributed by atoms with Crippen molar-refractivity contribution in [3.8, 4) is 0 Å². The number of esters is 1. The summed E-state index contributed by atoms with van der Waals surface area (Å²) in [6, 6.07) is 5.01. The van der Waals surface area contributed by atoms with E-state index in [-0.39, 0.29) is 22.0 Å². The molecule has 0 saturated carbocycles. The topological polar surface area (TPSA) is 118 Å². The molecular formula is C18H26N2O7S2. The number of hydrogen-bond acceptors (Lipinski definition) is 7. The van der Waals surface area contributed by atoms with Crippen LogP contribution in [0.4, 0.5) is 0 Å². The van der Waals surface area contributed by atoms with Gasteiger partial charge in [0.05, 0.1) is 22.0 Å². The summed E-state index contributed by atoms with van der Waals surface area (Å²) < 4.78 is 54.6. The number of nitrogens with zero attached hydrogens (tertiary/aromatic N) is 2. The molecule has 162 valence electrons. The number of ether oxygens (including phenoxy) is 1. The molecule has 1 aliphatic rings. The lowest BCUT2D eigenvalue weighted by Gasteiger charge is -2.23. The maximum Gasteiger partial charge on any atom is 0.338 e. The Hall–Kier alpha value is -1.98. The first-order valence-electron chi connectivity index (χ1n) is 9.25. The maximum atomic E-state index is 12.6. The lowest BCUT2D eigenvalue weighted by molar-refractivity contribution is -0.134. The molecule has 2 rings (SSSR count). The fourth-order valence-electron chi connectivity index (χ4n) is 3.09. The van der Waals surface area contributed by atoms with Crippen molar-refractivity contribution in [2.24, 2.45) is 0 Å². The number of benzene rings is 1. The molecule has 0 radical (unpaired) electrons. The van der Waals surface area contributed by atoms with Gasteiger partial charge in [0.15, 0.2) is 16.4 Å². The second-order valence-corrected chi connectivity index (χ2v) is 10.9. The van der Waals surface area contributed by atoms with Gasteiger partial charge in [-0.2, -0.15) is 4.31 Å². The second-order valence-electron chi connectivity index (χ2n) is 6.75. The minimum absolute atomic E-state index is 0.0112. The highest BCUT2D eigenvalue weighted by Crippen LogP contribution is 2.18. The number of carbonyl (C=O) groups excluding carboxylic acids is 2. The SMILES string of the molecule is CCN(CC)S(=O)(=O)c1cccc(C(=O)OCC(=O)N(C)C2CCS(=O)(=O)C2)c1. The number of rotatable bonds is 8. The van der Waals surface area contributed by atoms with Gasteiger partial charge in [-0.1, -0.05) is 19.9 Å². The molecule has 1 fully saturated rings. The van der Waals surface area contributed by atoms with Gasteiger partial charge < -0.3 is 9.64 Å². The third-order valence-corrected chi connectivity index (χ3v) is 8.69. The van der Waals surface area contributed by atoms with Crippen molar-refractivity contribution in [1.82, 2.24) is 9.21 Å². The van der Waals surface area contributed by atoms with E-state index in [1.54, 1.807) is 13.8 Å². The van der Waals surface area contributed by atoms with Gasteiger partial charge in [0, 0.05) is 26.2 Å². The van der Waals surface area contributed by atoms with E-state index in [1.165, 1.54) is 40.5 Å². The van der Waals surface area contributed by atoms with Crippen LogP contribution in [-0.4, -0.2) is 82.2 Å². The number of likely N-dealkylation sites (N-methyl/N-ethyl adjacent to an activating group) is 1. The minimum Gasteiger partial charge on any atom is -0.452 e. The van der Waals surface area contributed by atoms with E-state index in [9.17, 15) is 26.4 Å². The van der Waals surface area contributed by atoms with Crippen LogP contribution in [-0.2, 0) is 29.4 Å². The third kappa shape index (κ3) is 5.55. The molecule has 0 aromatic heterocycles. The smallest absolute Gasteiger partial charge is 0.338 e. The average molecular weight is 447 g/mol. The number of sulfone groups is 1. The summed E-state index contributed by atoms with van der Waals surface area (Å²) in [5, 5.41) is 0. The highest BCUT2D eigenvalue weighted by Gasteiger charge is 2.33. The summed E-state index contributed by atoms with van der Waals surface area (Å²) in [6.07, 6.45) is 0.351.